The van der Waals surface area contributed by atoms with Gasteiger partial charge in [-0.15, -0.1) is 11.6 Å². The van der Waals surface area contributed by atoms with Crippen molar-refractivity contribution in [3.8, 4) is 11.3 Å². The van der Waals surface area contributed by atoms with Crippen LogP contribution in [0.2, 0.25) is 0 Å². The molecule has 0 fully saturated rings. The van der Waals surface area contributed by atoms with E-state index in [2.05, 4.69) is 37.5 Å². The van der Waals surface area contributed by atoms with Gasteiger partial charge in [-0.2, -0.15) is 0 Å². The molecule has 182 valence electrons. The van der Waals surface area contributed by atoms with Crippen molar-refractivity contribution in [2.24, 2.45) is 11.3 Å². The molecular weight excluding hydrogens is 450 g/mol. The first-order valence-electron chi connectivity index (χ1n) is 11.5. The molecule has 1 amide bonds. The van der Waals surface area contributed by atoms with Gasteiger partial charge in [0.25, 0.3) is 0 Å². The Morgan fingerprint density at radius 3 is 2.15 bits per heavy atom. The fraction of sp³-hybridized carbons (Fsp3) is 0.407. The van der Waals surface area contributed by atoms with Crippen LogP contribution in [0.1, 0.15) is 38.2 Å². The number of rotatable bonds is 10. The van der Waals surface area contributed by atoms with Crippen LogP contribution in [0.15, 0.2) is 66.9 Å². The van der Waals surface area contributed by atoms with Crippen LogP contribution < -0.4 is 0 Å². The van der Waals surface area contributed by atoms with Crippen molar-refractivity contribution in [3.05, 3.63) is 78.2 Å². The van der Waals surface area contributed by atoms with Crippen LogP contribution in [0.3, 0.4) is 0 Å². The Bertz CT molecular complexity index is 1040. The maximum absolute atomic E-state index is 13.1. The number of hydrogen-bond acceptors (Lipinski definition) is 4. The second-order valence-electron chi connectivity index (χ2n) is 9.64. The van der Waals surface area contributed by atoms with Gasteiger partial charge in [-0.3, -0.25) is 4.79 Å². The Labute approximate surface area is 206 Å². The number of imidazole rings is 1. The fourth-order valence-corrected chi connectivity index (χ4v) is 4.33. The smallest absolute Gasteiger partial charge is 0.238 e. The zero-order chi connectivity index (χ0) is 24.7. The largest absolute Gasteiger partial charge is 0.396 e. The number of carbonyl (C=O) groups excluding carboxylic acids is 1. The Balaban J connectivity index is 2.16. The maximum Gasteiger partial charge on any atom is 0.238 e. The number of amides is 1. The van der Waals surface area contributed by atoms with Crippen LogP contribution in [0.4, 0.5) is 0 Å². The molecule has 6 nitrogen and oxygen atoms in total. The molecule has 0 radical (unpaired) electrons. The highest BCUT2D eigenvalue weighted by atomic mass is 35.5. The normalized spacial score (nSPS) is 12.7. The van der Waals surface area contributed by atoms with Crippen LogP contribution in [0, 0.1) is 11.3 Å². The first-order chi connectivity index (χ1) is 16.3. The van der Waals surface area contributed by atoms with Crippen molar-refractivity contribution >= 4 is 17.5 Å². The molecule has 0 spiro atoms. The van der Waals surface area contributed by atoms with Gasteiger partial charge >= 0.3 is 0 Å². The van der Waals surface area contributed by atoms with Gasteiger partial charge in [0.2, 0.25) is 5.91 Å². The van der Waals surface area contributed by atoms with E-state index in [1.807, 2.05) is 54.7 Å². The van der Waals surface area contributed by atoms with Gasteiger partial charge in [0, 0.05) is 44.0 Å². The molecular formula is C27H34ClN3O3. The van der Waals surface area contributed by atoms with Gasteiger partial charge in [-0.25, -0.2) is 4.98 Å². The van der Waals surface area contributed by atoms with E-state index in [-0.39, 0.29) is 31.5 Å². The highest BCUT2D eigenvalue weighted by molar-refractivity contribution is 6.27. The number of benzene rings is 2. The van der Waals surface area contributed by atoms with Crippen molar-refractivity contribution in [1.82, 2.24) is 14.5 Å². The molecule has 1 aromatic heterocycles. The summed E-state index contributed by atoms with van der Waals surface area (Å²) in [5.41, 5.74) is 2.53. The molecule has 1 atom stereocenters. The van der Waals surface area contributed by atoms with E-state index in [1.54, 1.807) is 4.90 Å². The second-order valence-corrected chi connectivity index (χ2v) is 9.91. The molecule has 1 heterocycles. The summed E-state index contributed by atoms with van der Waals surface area (Å²) in [5, 5.41) is 19.5. The van der Waals surface area contributed by atoms with E-state index >= 15 is 0 Å². The highest BCUT2D eigenvalue weighted by Gasteiger charge is 2.39. The number of nitrogens with zero attached hydrogens (tertiary/aromatic N) is 3. The van der Waals surface area contributed by atoms with Crippen molar-refractivity contribution < 1.29 is 15.0 Å². The highest BCUT2D eigenvalue weighted by Crippen LogP contribution is 2.39. The Morgan fingerprint density at radius 2 is 1.62 bits per heavy atom. The average molecular weight is 484 g/mol. The van der Waals surface area contributed by atoms with Crippen molar-refractivity contribution in [2.45, 2.75) is 33.4 Å². The SMILES string of the molecule is CC(C)(C)[C@H](c1nc(-c2ccccc2)cn1Cc1ccccc1)N(CC(CO)CO)C(=O)CCl. The van der Waals surface area contributed by atoms with Crippen LogP contribution in [0.5, 0.6) is 0 Å². The predicted molar refractivity (Wildman–Crippen MR) is 135 cm³/mol. The molecule has 0 unspecified atom stereocenters. The third kappa shape index (κ3) is 6.26. The number of halogens is 1. The van der Waals surface area contributed by atoms with Crippen LogP contribution in [-0.4, -0.2) is 56.2 Å². The zero-order valence-electron chi connectivity index (χ0n) is 20.1. The molecule has 7 heteroatoms. The van der Waals surface area contributed by atoms with Gasteiger partial charge in [-0.05, 0) is 11.0 Å². The first-order valence-corrected chi connectivity index (χ1v) is 12.1. The lowest BCUT2D eigenvalue weighted by molar-refractivity contribution is -0.135. The van der Waals surface area contributed by atoms with Crippen molar-refractivity contribution in [1.29, 1.82) is 0 Å². The third-order valence-electron chi connectivity index (χ3n) is 5.86. The standard InChI is InChI=1S/C27H34ClN3O3/c1-27(2,3)25(31(24(34)14-28)16-21(18-32)19-33)26-29-23(22-12-8-5-9-13-22)17-30(26)15-20-10-6-4-7-11-20/h4-13,17,21,25,32-33H,14-16,18-19H2,1-3H3/t25-/m0/s1. The molecule has 0 aliphatic carbocycles. The molecule has 0 bridgehead atoms. The molecule has 34 heavy (non-hydrogen) atoms. The van der Waals surface area contributed by atoms with E-state index in [1.165, 1.54) is 0 Å². The molecule has 0 aliphatic heterocycles. The lowest BCUT2D eigenvalue weighted by Crippen LogP contribution is -2.46. The summed E-state index contributed by atoms with van der Waals surface area (Å²) in [4.78, 5) is 19.8. The average Bonchev–Trinajstić information content (AvgIpc) is 3.24. The Kier molecular flexibility index (Phi) is 8.89. The van der Waals surface area contributed by atoms with Crippen LogP contribution in [-0.2, 0) is 11.3 Å². The van der Waals surface area contributed by atoms with E-state index in [0.717, 1.165) is 22.6 Å². The summed E-state index contributed by atoms with van der Waals surface area (Å²) in [5.74, 6) is -0.184. The van der Waals surface area contributed by atoms with E-state index in [4.69, 9.17) is 16.6 Å². The lowest BCUT2D eigenvalue weighted by atomic mass is 9.84. The molecule has 3 aromatic rings. The van der Waals surface area contributed by atoms with Gasteiger partial charge < -0.3 is 19.7 Å². The number of hydrogen-bond donors (Lipinski definition) is 2. The van der Waals surface area contributed by atoms with Crippen LogP contribution >= 0.6 is 11.6 Å². The summed E-state index contributed by atoms with van der Waals surface area (Å²) in [6.07, 6.45) is 2.02. The van der Waals surface area contributed by atoms with Gasteiger partial charge in [0.15, 0.2) is 0 Å². The molecule has 0 aliphatic rings. The molecule has 0 saturated heterocycles. The minimum absolute atomic E-state index is 0.180. The number of aliphatic hydroxyl groups excluding tert-OH is 2. The quantitative estimate of drug-likeness (QED) is 0.420. The number of alkyl halides is 1. The van der Waals surface area contributed by atoms with E-state index in [0.29, 0.717) is 6.54 Å². The van der Waals surface area contributed by atoms with Gasteiger partial charge in [-0.1, -0.05) is 81.4 Å². The molecule has 3 rings (SSSR count). The summed E-state index contributed by atoms with van der Waals surface area (Å²) in [6.45, 7) is 6.49. The van der Waals surface area contributed by atoms with Crippen LogP contribution in [0.25, 0.3) is 11.3 Å². The monoisotopic (exact) mass is 483 g/mol. The Morgan fingerprint density at radius 1 is 1.03 bits per heavy atom. The van der Waals surface area contributed by atoms with Gasteiger partial charge in [0.1, 0.15) is 11.7 Å². The van der Waals surface area contributed by atoms with Gasteiger partial charge in [0.05, 0.1) is 11.7 Å². The topological polar surface area (TPSA) is 78.6 Å². The summed E-state index contributed by atoms with van der Waals surface area (Å²) in [6, 6.07) is 19.6. The second kappa shape index (κ2) is 11.6. The zero-order valence-corrected chi connectivity index (χ0v) is 20.8. The maximum atomic E-state index is 13.1. The van der Waals surface area contributed by atoms with Crippen molar-refractivity contribution in [2.75, 3.05) is 25.6 Å². The lowest BCUT2D eigenvalue weighted by Gasteiger charge is -2.41. The third-order valence-corrected chi connectivity index (χ3v) is 6.08. The number of aliphatic hydroxyl groups is 2. The van der Waals surface area contributed by atoms with E-state index in [9.17, 15) is 15.0 Å². The molecule has 0 saturated carbocycles. The summed E-state index contributed by atoms with van der Waals surface area (Å²) >= 11 is 6.03. The molecule has 2 N–H and O–H groups in total. The number of aromatic nitrogens is 2. The Hall–Kier alpha value is -2.67. The number of carbonyl (C=O) groups is 1. The molecule has 2 aromatic carbocycles. The fourth-order valence-electron chi connectivity index (χ4n) is 4.18. The summed E-state index contributed by atoms with van der Waals surface area (Å²) in [7, 11) is 0. The van der Waals surface area contributed by atoms with Crippen molar-refractivity contribution in [3.63, 3.8) is 0 Å². The minimum Gasteiger partial charge on any atom is -0.396 e. The minimum atomic E-state index is -0.469. The predicted octanol–water partition coefficient (Wildman–Crippen LogP) is 4.35. The summed E-state index contributed by atoms with van der Waals surface area (Å²) < 4.78 is 2.09. The first kappa shape index (κ1) is 25.9. The van der Waals surface area contributed by atoms with E-state index < -0.39 is 17.4 Å².